The molecule has 0 aliphatic rings. The van der Waals surface area contributed by atoms with Crippen molar-refractivity contribution >= 4 is 5.91 Å². The lowest BCUT2D eigenvalue weighted by Gasteiger charge is -2.15. The van der Waals surface area contributed by atoms with Crippen molar-refractivity contribution in [3.63, 3.8) is 0 Å². The number of likely N-dealkylation sites (N-methyl/N-ethyl adjacent to an activating group) is 1. The molecule has 0 aromatic rings. The van der Waals surface area contributed by atoms with Gasteiger partial charge in [-0.1, -0.05) is 6.92 Å². The minimum absolute atomic E-state index is 0.0295. The Morgan fingerprint density at radius 3 is 2.50 bits per heavy atom. The smallest absolute Gasteiger partial charge is 0.236 e. The molecule has 0 fully saturated rings. The van der Waals surface area contributed by atoms with Gasteiger partial charge in [0.2, 0.25) is 5.91 Å². The Kier molecular flexibility index (Phi) is 5.66. The summed E-state index contributed by atoms with van der Waals surface area (Å²) in [5.41, 5.74) is 0. The first-order valence-electron chi connectivity index (χ1n) is 4.16. The van der Waals surface area contributed by atoms with Crippen LogP contribution in [0.5, 0.6) is 0 Å². The van der Waals surface area contributed by atoms with E-state index in [-0.39, 0.29) is 18.6 Å². The first-order valence-corrected chi connectivity index (χ1v) is 4.16. The van der Waals surface area contributed by atoms with Crippen molar-refractivity contribution in [2.24, 2.45) is 0 Å². The maximum Gasteiger partial charge on any atom is 0.236 e. The van der Waals surface area contributed by atoms with Gasteiger partial charge >= 0.3 is 0 Å². The zero-order valence-corrected chi connectivity index (χ0v) is 8.00. The molecule has 1 amide bonds. The topological polar surface area (TPSA) is 52.6 Å². The average molecular weight is 174 g/mol. The molecule has 0 radical (unpaired) electrons. The van der Waals surface area contributed by atoms with Crippen molar-refractivity contribution in [3.05, 3.63) is 0 Å². The monoisotopic (exact) mass is 174 g/mol. The Balaban J connectivity index is 3.59. The van der Waals surface area contributed by atoms with Crippen molar-refractivity contribution in [3.8, 4) is 0 Å². The number of aliphatic hydroxyl groups is 1. The fourth-order valence-corrected chi connectivity index (χ4v) is 0.728. The van der Waals surface area contributed by atoms with E-state index in [0.717, 1.165) is 6.42 Å². The van der Waals surface area contributed by atoms with Crippen molar-refractivity contribution < 1.29 is 9.90 Å². The number of aliphatic hydroxyl groups excluding tert-OH is 1. The molecule has 4 nitrogen and oxygen atoms in total. The van der Waals surface area contributed by atoms with Crippen LogP contribution in [0.25, 0.3) is 0 Å². The number of rotatable bonds is 5. The van der Waals surface area contributed by atoms with Gasteiger partial charge in [-0.05, 0) is 6.42 Å². The molecule has 72 valence electrons. The molecule has 12 heavy (non-hydrogen) atoms. The summed E-state index contributed by atoms with van der Waals surface area (Å²) in [5.74, 6) is 0.0295. The Labute approximate surface area is 73.6 Å². The van der Waals surface area contributed by atoms with Crippen LogP contribution >= 0.6 is 0 Å². The van der Waals surface area contributed by atoms with Crippen LogP contribution in [0.4, 0.5) is 0 Å². The molecule has 0 aromatic heterocycles. The van der Waals surface area contributed by atoms with Gasteiger partial charge < -0.3 is 15.3 Å². The molecule has 0 heterocycles. The van der Waals surface area contributed by atoms with Crippen molar-refractivity contribution in [1.82, 2.24) is 10.2 Å². The van der Waals surface area contributed by atoms with E-state index in [1.807, 2.05) is 6.92 Å². The average Bonchev–Trinajstić information content (AvgIpc) is 2.05. The summed E-state index contributed by atoms with van der Waals surface area (Å²) in [6.45, 7) is 2.34. The van der Waals surface area contributed by atoms with Crippen LogP contribution in [0.2, 0.25) is 0 Å². The Morgan fingerprint density at radius 1 is 1.58 bits per heavy atom. The predicted molar refractivity (Wildman–Crippen MR) is 47.9 cm³/mol. The van der Waals surface area contributed by atoms with Gasteiger partial charge in [0, 0.05) is 20.1 Å². The summed E-state index contributed by atoms with van der Waals surface area (Å²) in [7, 11) is 3.42. The van der Waals surface area contributed by atoms with E-state index in [1.54, 1.807) is 14.1 Å². The third-order valence-corrected chi connectivity index (χ3v) is 1.75. The van der Waals surface area contributed by atoms with E-state index in [1.165, 1.54) is 4.90 Å². The SMILES string of the molecule is CCC(CO)NCC(=O)N(C)C. The van der Waals surface area contributed by atoms with Crippen LogP contribution in [0.3, 0.4) is 0 Å². The third kappa shape index (κ3) is 4.31. The first kappa shape index (κ1) is 11.4. The number of nitrogens with zero attached hydrogens (tertiary/aromatic N) is 1. The number of hydrogen-bond acceptors (Lipinski definition) is 3. The van der Waals surface area contributed by atoms with Gasteiger partial charge in [-0.3, -0.25) is 4.79 Å². The van der Waals surface area contributed by atoms with E-state index in [4.69, 9.17) is 5.11 Å². The van der Waals surface area contributed by atoms with Crippen LogP contribution in [-0.4, -0.2) is 49.2 Å². The van der Waals surface area contributed by atoms with E-state index >= 15 is 0 Å². The standard InChI is InChI=1S/C8H18N2O2/c1-4-7(6-11)9-5-8(12)10(2)3/h7,9,11H,4-6H2,1-3H3. The van der Waals surface area contributed by atoms with Gasteiger partial charge in [0.15, 0.2) is 0 Å². The molecule has 0 bridgehead atoms. The lowest BCUT2D eigenvalue weighted by molar-refractivity contribution is -0.127. The van der Waals surface area contributed by atoms with Crippen LogP contribution in [0.15, 0.2) is 0 Å². The highest BCUT2D eigenvalue weighted by Gasteiger charge is 2.07. The molecule has 1 unspecified atom stereocenters. The van der Waals surface area contributed by atoms with Gasteiger partial charge in [0.1, 0.15) is 0 Å². The normalized spacial score (nSPS) is 12.7. The molecule has 0 aliphatic heterocycles. The molecular formula is C8H18N2O2. The van der Waals surface area contributed by atoms with E-state index in [9.17, 15) is 4.79 Å². The molecule has 1 atom stereocenters. The second-order valence-corrected chi connectivity index (χ2v) is 2.96. The van der Waals surface area contributed by atoms with Gasteiger partial charge in [-0.25, -0.2) is 0 Å². The zero-order chi connectivity index (χ0) is 9.56. The quantitative estimate of drug-likeness (QED) is 0.587. The largest absolute Gasteiger partial charge is 0.395 e. The predicted octanol–water partition coefficient (Wildman–Crippen LogP) is -0.565. The summed E-state index contributed by atoms with van der Waals surface area (Å²) >= 11 is 0. The Bertz CT molecular complexity index is 133. The molecule has 0 rings (SSSR count). The summed E-state index contributed by atoms with van der Waals surface area (Å²) in [4.78, 5) is 12.6. The lowest BCUT2D eigenvalue weighted by atomic mass is 10.2. The number of amides is 1. The Morgan fingerprint density at radius 2 is 2.17 bits per heavy atom. The highest BCUT2D eigenvalue weighted by Crippen LogP contribution is 1.88. The second-order valence-electron chi connectivity index (χ2n) is 2.96. The van der Waals surface area contributed by atoms with Crippen molar-refractivity contribution in [2.75, 3.05) is 27.2 Å². The van der Waals surface area contributed by atoms with E-state index in [0.29, 0.717) is 6.54 Å². The summed E-state index contributed by atoms with van der Waals surface area (Å²) in [5, 5.41) is 11.7. The number of hydrogen-bond donors (Lipinski definition) is 2. The minimum Gasteiger partial charge on any atom is -0.395 e. The molecule has 0 aromatic carbocycles. The van der Waals surface area contributed by atoms with Gasteiger partial charge in [0.05, 0.1) is 13.2 Å². The highest BCUT2D eigenvalue weighted by atomic mass is 16.3. The van der Waals surface area contributed by atoms with E-state index < -0.39 is 0 Å². The third-order valence-electron chi connectivity index (χ3n) is 1.75. The number of carbonyl (C=O) groups is 1. The molecule has 0 spiro atoms. The van der Waals surface area contributed by atoms with Crippen molar-refractivity contribution in [2.45, 2.75) is 19.4 Å². The highest BCUT2D eigenvalue weighted by molar-refractivity contribution is 5.77. The molecular weight excluding hydrogens is 156 g/mol. The fraction of sp³-hybridized carbons (Fsp3) is 0.875. The second kappa shape index (κ2) is 5.97. The van der Waals surface area contributed by atoms with Crippen LogP contribution in [-0.2, 0) is 4.79 Å². The molecule has 0 saturated heterocycles. The molecule has 4 heteroatoms. The molecule has 0 saturated carbocycles. The molecule has 2 N–H and O–H groups in total. The summed E-state index contributed by atoms with van der Waals surface area (Å²) < 4.78 is 0. The fourth-order valence-electron chi connectivity index (χ4n) is 0.728. The molecule has 0 aliphatic carbocycles. The van der Waals surface area contributed by atoms with Crippen molar-refractivity contribution in [1.29, 1.82) is 0 Å². The van der Waals surface area contributed by atoms with Gasteiger partial charge in [-0.2, -0.15) is 0 Å². The lowest BCUT2D eigenvalue weighted by Crippen LogP contribution is -2.40. The van der Waals surface area contributed by atoms with Gasteiger partial charge in [0.25, 0.3) is 0 Å². The maximum absolute atomic E-state index is 11.1. The number of carbonyl (C=O) groups excluding carboxylic acids is 1. The van der Waals surface area contributed by atoms with Crippen LogP contribution < -0.4 is 5.32 Å². The van der Waals surface area contributed by atoms with Crippen LogP contribution in [0.1, 0.15) is 13.3 Å². The summed E-state index contributed by atoms with van der Waals surface area (Å²) in [6.07, 6.45) is 0.831. The Hall–Kier alpha value is -0.610. The van der Waals surface area contributed by atoms with E-state index in [2.05, 4.69) is 5.32 Å². The summed E-state index contributed by atoms with van der Waals surface area (Å²) in [6, 6.07) is 0.0360. The zero-order valence-electron chi connectivity index (χ0n) is 8.00. The number of nitrogens with one attached hydrogen (secondary N) is 1. The minimum atomic E-state index is 0.0295. The van der Waals surface area contributed by atoms with Crippen LogP contribution in [0, 0.1) is 0 Å². The van der Waals surface area contributed by atoms with Gasteiger partial charge in [-0.15, -0.1) is 0 Å². The maximum atomic E-state index is 11.1. The first-order chi connectivity index (χ1) is 5.61.